The van der Waals surface area contributed by atoms with Gasteiger partial charge in [-0.05, 0) is 12.8 Å². The van der Waals surface area contributed by atoms with Crippen molar-refractivity contribution in [1.82, 2.24) is 5.32 Å². The Bertz CT molecular complexity index is 122. The first-order valence-electron chi connectivity index (χ1n) is 2.79. The molecule has 0 aromatic carbocycles. The Morgan fingerprint density at radius 3 is 2.36 bits per heavy atom. The van der Waals surface area contributed by atoms with Gasteiger partial charge in [-0.25, -0.2) is 0 Å². The first kappa shape index (κ1) is 14.6. The standard InChI is InChI=1S/C5H9NS4.Mn/c7-4(8)2-1-3-6-5(9)10;/h1-3H2,(H,7,8)(H2,6,9,10);/q;+2/p-1. The van der Waals surface area contributed by atoms with Crippen LogP contribution >= 0.6 is 37.1 Å². The molecule has 0 bridgehead atoms. The fourth-order valence-corrected chi connectivity index (χ4v) is 0.931. The first-order valence-corrected chi connectivity index (χ1v) is 4.47. The van der Waals surface area contributed by atoms with E-state index in [1.807, 2.05) is 0 Å². The summed E-state index contributed by atoms with van der Waals surface area (Å²) in [5.41, 5.74) is 0. The third kappa shape index (κ3) is 14.0. The molecule has 1 radical (unpaired) electrons. The van der Waals surface area contributed by atoms with Crippen molar-refractivity contribution in [3.63, 3.8) is 0 Å². The normalized spacial score (nSPS) is 8.09. The smallest absolute Gasteiger partial charge is 0.433 e. The molecule has 0 aromatic heterocycles. The van der Waals surface area contributed by atoms with Crippen LogP contribution in [0.1, 0.15) is 12.8 Å². The Kier molecular flexibility index (Phi) is 12.1. The number of hydrogen-bond acceptors (Lipinski definition) is 3. The van der Waals surface area contributed by atoms with Crippen LogP contribution in [0, 0.1) is 0 Å². The molecule has 0 unspecified atom stereocenters. The van der Waals surface area contributed by atoms with Crippen molar-refractivity contribution in [2.75, 3.05) is 6.54 Å². The molecule has 0 saturated carbocycles. The Balaban J connectivity index is 0. The van der Waals surface area contributed by atoms with E-state index < -0.39 is 0 Å². The van der Waals surface area contributed by atoms with Crippen LogP contribution in [0.15, 0.2) is 0 Å². The second kappa shape index (κ2) is 9.16. The van der Waals surface area contributed by atoms with Gasteiger partial charge in [0.2, 0.25) is 0 Å². The maximum Gasteiger partial charge on any atom is 2.00 e. The van der Waals surface area contributed by atoms with Crippen LogP contribution in [0.4, 0.5) is 0 Å². The molecule has 0 aliphatic carbocycles. The van der Waals surface area contributed by atoms with Gasteiger partial charge in [-0.3, -0.25) is 0 Å². The minimum Gasteiger partial charge on any atom is -0.433 e. The van der Waals surface area contributed by atoms with E-state index in [9.17, 15) is 0 Å². The predicted molar refractivity (Wildman–Crippen MR) is 58.8 cm³/mol. The van der Waals surface area contributed by atoms with Gasteiger partial charge >= 0.3 is 17.1 Å². The minimum absolute atomic E-state index is 0. The van der Waals surface area contributed by atoms with E-state index in [4.69, 9.17) is 24.8 Å². The van der Waals surface area contributed by atoms with E-state index in [1.54, 1.807) is 0 Å². The summed E-state index contributed by atoms with van der Waals surface area (Å²) in [6.07, 6.45) is 1.73. The van der Waals surface area contributed by atoms with Gasteiger partial charge in [0, 0.05) is 6.54 Å². The van der Waals surface area contributed by atoms with E-state index in [1.165, 1.54) is 0 Å². The molecule has 1 nitrogen and oxygen atoms in total. The number of hydrogen-bond donors (Lipinski definition) is 2. The van der Waals surface area contributed by atoms with Crippen molar-refractivity contribution in [3.05, 3.63) is 0 Å². The molecule has 0 rings (SSSR count). The quantitative estimate of drug-likeness (QED) is 0.262. The summed E-state index contributed by atoms with van der Waals surface area (Å²) < 4.78 is 1.15. The van der Waals surface area contributed by atoms with Gasteiger partial charge in [0.05, 0.1) is 0 Å². The first-order chi connectivity index (χ1) is 4.63. The van der Waals surface area contributed by atoms with E-state index in [-0.39, 0.29) is 17.1 Å². The molecule has 0 heterocycles. The molecule has 0 atom stereocenters. The van der Waals surface area contributed by atoms with E-state index in [0.717, 1.165) is 19.4 Å². The SMILES string of the molecule is S=C([S-])CCCNC(=S)S.[Mn+2]. The third-order valence-corrected chi connectivity index (χ3v) is 1.54. The fraction of sp³-hybridized carbons (Fsp3) is 0.600. The molecule has 1 N–H and O–H groups in total. The van der Waals surface area contributed by atoms with Crippen molar-refractivity contribution < 1.29 is 17.1 Å². The summed E-state index contributed by atoms with van der Waals surface area (Å²) in [4.78, 5) is 0. The molecule has 0 amide bonds. The summed E-state index contributed by atoms with van der Waals surface area (Å²) in [6, 6.07) is 0. The summed E-state index contributed by atoms with van der Waals surface area (Å²) in [5.74, 6) is 0. The molecular formula is C5H8MnNS4+. The summed E-state index contributed by atoms with van der Waals surface area (Å²) >= 11 is 18.0. The van der Waals surface area contributed by atoms with Crippen molar-refractivity contribution in [2.24, 2.45) is 0 Å². The molecule has 0 aliphatic heterocycles. The van der Waals surface area contributed by atoms with Crippen molar-refractivity contribution >= 4 is 58.2 Å². The second-order valence-electron chi connectivity index (χ2n) is 1.71. The maximum absolute atomic E-state index is 4.71. The predicted octanol–water partition coefficient (Wildman–Crippen LogP) is 1.44. The van der Waals surface area contributed by atoms with Crippen LogP contribution in [0.2, 0.25) is 0 Å². The van der Waals surface area contributed by atoms with Crippen LogP contribution in [-0.4, -0.2) is 15.1 Å². The zero-order valence-corrected chi connectivity index (χ0v) is 10.2. The maximum atomic E-state index is 4.71. The van der Waals surface area contributed by atoms with Gasteiger partial charge in [0.15, 0.2) is 0 Å². The summed E-state index contributed by atoms with van der Waals surface area (Å²) in [5, 5.41) is 2.89. The van der Waals surface area contributed by atoms with Gasteiger partial charge in [0.1, 0.15) is 4.32 Å². The van der Waals surface area contributed by atoms with Crippen LogP contribution in [0.5, 0.6) is 0 Å². The number of thiol groups is 1. The average Bonchev–Trinajstić information content (AvgIpc) is 1.79. The largest absolute Gasteiger partial charge is 2.00 e. The van der Waals surface area contributed by atoms with Gasteiger partial charge < -0.3 is 30.2 Å². The Morgan fingerprint density at radius 2 is 2.00 bits per heavy atom. The monoisotopic (exact) mass is 265 g/mol. The molecule has 63 valence electrons. The van der Waals surface area contributed by atoms with Gasteiger partial charge in [-0.2, -0.15) is 4.20 Å². The molecule has 0 aromatic rings. The molecule has 0 fully saturated rings. The average molecular weight is 265 g/mol. The number of rotatable bonds is 4. The summed E-state index contributed by atoms with van der Waals surface area (Å²) in [7, 11) is 0. The molecule has 0 spiro atoms. The number of nitrogens with one attached hydrogen (secondary N) is 1. The van der Waals surface area contributed by atoms with Crippen LogP contribution < -0.4 is 5.32 Å². The van der Waals surface area contributed by atoms with E-state index in [0.29, 0.717) is 8.52 Å². The van der Waals surface area contributed by atoms with E-state index >= 15 is 0 Å². The molecule has 11 heavy (non-hydrogen) atoms. The van der Waals surface area contributed by atoms with Crippen molar-refractivity contribution in [1.29, 1.82) is 0 Å². The number of thiocarbonyl (C=S) groups is 2. The zero-order valence-electron chi connectivity index (χ0n) is 5.67. The summed E-state index contributed by atoms with van der Waals surface area (Å²) in [6.45, 7) is 0.805. The van der Waals surface area contributed by atoms with Crippen molar-refractivity contribution in [3.8, 4) is 0 Å². The van der Waals surface area contributed by atoms with Crippen LogP contribution in [-0.2, 0) is 29.7 Å². The Morgan fingerprint density at radius 1 is 1.45 bits per heavy atom. The van der Waals surface area contributed by atoms with Gasteiger partial charge in [0.25, 0.3) is 0 Å². The Hall–Kier alpha value is 1.07. The van der Waals surface area contributed by atoms with E-state index in [2.05, 4.69) is 30.2 Å². The molecule has 6 heteroatoms. The zero-order chi connectivity index (χ0) is 7.98. The molecule has 0 saturated heterocycles. The van der Waals surface area contributed by atoms with Gasteiger partial charge in [-0.1, -0.05) is 12.2 Å². The molecular weight excluding hydrogens is 257 g/mol. The minimum atomic E-state index is 0. The van der Waals surface area contributed by atoms with Crippen LogP contribution in [0.3, 0.4) is 0 Å². The topological polar surface area (TPSA) is 12.0 Å². The fourth-order valence-electron chi connectivity index (χ4n) is 0.428. The van der Waals surface area contributed by atoms with Crippen molar-refractivity contribution in [2.45, 2.75) is 12.8 Å². The molecule has 0 aliphatic rings. The Labute approximate surface area is 99.4 Å². The third-order valence-electron chi connectivity index (χ3n) is 0.834. The van der Waals surface area contributed by atoms with Crippen LogP contribution in [0.25, 0.3) is 0 Å². The van der Waals surface area contributed by atoms with Gasteiger partial charge in [-0.15, -0.1) is 12.6 Å². The second-order valence-corrected chi connectivity index (χ2v) is 4.11.